The fourth-order valence-electron chi connectivity index (χ4n) is 2.80. The highest BCUT2D eigenvalue weighted by Crippen LogP contribution is 2.29. The lowest BCUT2D eigenvalue weighted by molar-refractivity contribution is -0.166. The summed E-state index contributed by atoms with van der Waals surface area (Å²) in [5, 5.41) is 9.02. The number of alkyl halides is 3. The van der Waals surface area contributed by atoms with Crippen LogP contribution in [0.15, 0.2) is 24.3 Å². The smallest absolute Gasteiger partial charge is 0.416 e. The lowest BCUT2D eigenvalue weighted by atomic mass is 10.0. The number of aryl methyl sites for hydroxylation is 1. The fourth-order valence-corrected chi connectivity index (χ4v) is 2.80. The van der Waals surface area contributed by atoms with Crippen LogP contribution in [0.2, 0.25) is 0 Å². The normalized spacial score (nSPS) is 21.2. The first-order chi connectivity index (χ1) is 11.7. The second-order valence-corrected chi connectivity index (χ2v) is 6.12. The zero-order valence-electron chi connectivity index (χ0n) is 13.8. The highest BCUT2D eigenvalue weighted by molar-refractivity contribution is 5.78. The lowest BCUT2D eigenvalue weighted by Gasteiger charge is -2.35. The van der Waals surface area contributed by atoms with Crippen molar-refractivity contribution in [3.05, 3.63) is 35.4 Å². The number of carbonyl (C=O) groups is 2. The monoisotopic (exact) mass is 359 g/mol. The van der Waals surface area contributed by atoms with E-state index in [9.17, 15) is 22.8 Å². The van der Waals surface area contributed by atoms with Gasteiger partial charge in [-0.05, 0) is 31.4 Å². The summed E-state index contributed by atoms with van der Waals surface area (Å²) in [7, 11) is 0. The molecule has 2 rings (SSSR count). The molecule has 1 aliphatic heterocycles. The molecule has 1 aromatic carbocycles. The van der Waals surface area contributed by atoms with Crippen molar-refractivity contribution in [1.82, 2.24) is 4.90 Å². The number of carboxylic acid groups (broad SMARTS) is 1. The number of hydrogen-bond donors (Lipinski definition) is 1. The number of ether oxygens (including phenoxy) is 1. The van der Waals surface area contributed by atoms with Crippen LogP contribution in [0.4, 0.5) is 13.2 Å². The lowest BCUT2D eigenvalue weighted by Crippen LogP contribution is -2.51. The molecule has 1 aromatic rings. The topological polar surface area (TPSA) is 66.8 Å². The van der Waals surface area contributed by atoms with Gasteiger partial charge in [-0.15, -0.1) is 0 Å². The largest absolute Gasteiger partial charge is 0.479 e. The molecule has 25 heavy (non-hydrogen) atoms. The number of halogens is 3. The Morgan fingerprint density at radius 1 is 1.32 bits per heavy atom. The maximum Gasteiger partial charge on any atom is 0.416 e. The molecule has 1 amide bonds. The van der Waals surface area contributed by atoms with E-state index < -0.39 is 23.8 Å². The Hall–Kier alpha value is -2.09. The summed E-state index contributed by atoms with van der Waals surface area (Å²) < 4.78 is 43.3. The summed E-state index contributed by atoms with van der Waals surface area (Å²) in [4.78, 5) is 24.7. The van der Waals surface area contributed by atoms with Crippen molar-refractivity contribution >= 4 is 11.9 Å². The van der Waals surface area contributed by atoms with Gasteiger partial charge in [0.1, 0.15) is 0 Å². The van der Waals surface area contributed by atoms with Crippen molar-refractivity contribution in [3.8, 4) is 0 Å². The van der Waals surface area contributed by atoms with Crippen LogP contribution in [-0.4, -0.2) is 47.2 Å². The molecule has 0 aromatic heterocycles. The van der Waals surface area contributed by atoms with Gasteiger partial charge in [-0.2, -0.15) is 13.2 Å². The molecule has 2 atom stereocenters. The summed E-state index contributed by atoms with van der Waals surface area (Å²) >= 11 is 0. The second-order valence-electron chi connectivity index (χ2n) is 6.12. The Bertz CT molecular complexity index is 633. The Balaban J connectivity index is 1.87. The van der Waals surface area contributed by atoms with Crippen LogP contribution in [0, 0.1) is 0 Å². The van der Waals surface area contributed by atoms with E-state index in [-0.39, 0.29) is 25.0 Å². The number of rotatable bonds is 5. The molecule has 0 radical (unpaired) electrons. The molecule has 1 aliphatic rings. The highest BCUT2D eigenvalue weighted by Gasteiger charge is 2.32. The third-order valence-corrected chi connectivity index (χ3v) is 4.00. The number of aliphatic carboxylic acids is 1. The number of carboxylic acids is 1. The van der Waals surface area contributed by atoms with Gasteiger partial charge >= 0.3 is 12.1 Å². The van der Waals surface area contributed by atoms with Crippen molar-refractivity contribution in [2.24, 2.45) is 0 Å². The number of nitrogens with zero attached hydrogens (tertiary/aromatic N) is 1. The Kier molecular flexibility index (Phi) is 6.05. The van der Waals surface area contributed by atoms with Crippen molar-refractivity contribution in [1.29, 1.82) is 0 Å². The van der Waals surface area contributed by atoms with Crippen molar-refractivity contribution in [2.75, 3.05) is 13.1 Å². The van der Waals surface area contributed by atoms with Gasteiger partial charge < -0.3 is 14.7 Å². The van der Waals surface area contributed by atoms with Crippen LogP contribution < -0.4 is 0 Å². The van der Waals surface area contributed by atoms with Gasteiger partial charge in [-0.1, -0.05) is 18.2 Å². The highest BCUT2D eigenvalue weighted by atomic mass is 19.4. The third-order valence-electron chi connectivity index (χ3n) is 4.00. The summed E-state index contributed by atoms with van der Waals surface area (Å²) in [6, 6.07) is 5.04. The van der Waals surface area contributed by atoms with Gasteiger partial charge in [0, 0.05) is 13.0 Å². The summed E-state index contributed by atoms with van der Waals surface area (Å²) in [6.45, 7) is 1.99. The third kappa shape index (κ3) is 5.45. The van der Waals surface area contributed by atoms with Crippen LogP contribution in [0.1, 0.15) is 30.9 Å². The number of amides is 1. The van der Waals surface area contributed by atoms with E-state index in [1.54, 1.807) is 13.0 Å². The van der Waals surface area contributed by atoms with Gasteiger partial charge in [-0.3, -0.25) is 4.79 Å². The van der Waals surface area contributed by atoms with Crippen molar-refractivity contribution in [2.45, 2.75) is 44.6 Å². The Morgan fingerprint density at radius 3 is 2.68 bits per heavy atom. The molecular formula is C17H20F3NO4. The molecule has 8 heteroatoms. The minimum absolute atomic E-state index is 0.0118. The average Bonchev–Trinajstić information content (AvgIpc) is 2.53. The molecule has 1 saturated heterocycles. The Labute approximate surface area is 143 Å². The molecule has 0 spiro atoms. The Morgan fingerprint density at radius 2 is 2.04 bits per heavy atom. The van der Waals surface area contributed by atoms with Gasteiger partial charge in [-0.25, -0.2) is 4.79 Å². The maximum absolute atomic E-state index is 12.7. The molecule has 1 fully saturated rings. The minimum Gasteiger partial charge on any atom is -0.479 e. The van der Waals surface area contributed by atoms with Gasteiger partial charge in [0.25, 0.3) is 0 Å². The van der Waals surface area contributed by atoms with Crippen LogP contribution in [0.3, 0.4) is 0 Å². The first kappa shape index (κ1) is 19.2. The van der Waals surface area contributed by atoms with E-state index in [0.29, 0.717) is 24.9 Å². The minimum atomic E-state index is -4.39. The molecule has 1 N–H and O–H groups in total. The SMILES string of the molecule is C[C@@H]1CN(C(=O)CCCc2cccc(C(F)(F)F)c2)CC(C(=O)O)O1. The van der Waals surface area contributed by atoms with E-state index in [1.165, 1.54) is 11.0 Å². The van der Waals surface area contributed by atoms with Crippen LogP contribution >= 0.6 is 0 Å². The number of morpholine rings is 1. The molecule has 0 saturated carbocycles. The van der Waals surface area contributed by atoms with E-state index in [0.717, 1.165) is 12.1 Å². The summed E-state index contributed by atoms with van der Waals surface area (Å²) in [5.41, 5.74) is -0.191. The van der Waals surface area contributed by atoms with Crippen LogP contribution in [0.5, 0.6) is 0 Å². The molecular weight excluding hydrogens is 339 g/mol. The van der Waals surface area contributed by atoms with Gasteiger partial charge in [0.2, 0.25) is 5.91 Å². The van der Waals surface area contributed by atoms with Gasteiger partial charge in [0.15, 0.2) is 6.10 Å². The van der Waals surface area contributed by atoms with Crippen LogP contribution in [-0.2, 0) is 26.9 Å². The van der Waals surface area contributed by atoms with Gasteiger partial charge in [0.05, 0.1) is 18.2 Å². The molecule has 1 heterocycles. The van der Waals surface area contributed by atoms with E-state index in [1.807, 2.05) is 0 Å². The molecule has 0 aliphatic carbocycles. The van der Waals surface area contributed by atoms with Crippen molar-refractivity contribution < 1.29 is 32.6 Å². The quantitative estimate of drug-likeness (QED) is 0.878. The average molecular weight is 359 g/mol. The summed E-state index contributed by atoms with van der Waals surface area (Å²) in [6.07, 6.45) is -4.92. The zero-order chi connectivity index (χ0) is 18.6. The fraction of sp³-hybridized carbons (Fsp3) is 0.529. The second kappa shape index (κ2) is 7.86. The first-order valence-electron chi connectivity index (χ1n) is 7.99. The van der Waals surface area contributed by atoms with E-state index in [4.69, 9.17) is 9.84 Å². The molecule has 1 unspecified atom stereocenters. The number of carbonyl (C=O) groups excluding carboxylic acids is 1. The maximum atomic E-state index is 12.7. The zero-order valence-corrected chi connectivity index (χ0v) is 13.8. The molecule has 0 bridgehead atoms. The van der Waals surface area contributed by atoms with Crippen molar-refractivity contribution in [3.63, 3.8) is 0 Å². The van der Waals surface area contributed by atoms with E-state index in [2.05, 4.69) is 0 Å². The predicted octanol–water partition coefficient (Wildman–Crippen LogP) is 2.73. The number of benzene rings is 1. The predicted molar refractivity (Wildman–Crippen MR) is 82.9 cm³/mol. The van der Waals surface area contributed by atoms with Crippen LogP contribution in [0.25, 0.3) is 0 Å². The summed E-state index contributed by atoms with van der Waals surface area (Å²) in [5.74, 6) is -1.33. The first-order valence-corrected chi connectivity index (χ1v) is 7.99. The molecule has 138 valence electrons. The van der Waals surface area contributed by atoms with E-state index >= 15 is 0 Å². The number of hydrogen-bond acceptors (Lipinski definition) is 3. The standard InChI is InChI=1S/C17H20F3NO4/c1-11-9-21(10-14(25-11)16(23)24)15(22)7-3-5-12-4-2-6-13(8-12)17(18,19)20/h2,4,6,8,11,14H,3,5,7,9-10H2,1H3,(H,23,24)/t11-,14?/m1/s1. The molecule has 5 nitrogen and oxygen atoms in total.